The van der Waals surface area contributed by atoms with Gasteiger partial charge >= 0.3 is 0 Å². The second kappa shape index (κ2) is 4.99. The summed E-state index contributed by atoms with van der Waals surface area (Å²) in [4.78, 5) is 4.52. The molecule has 0 radical (unpaired) electrons. The Bertz CT molecular complexity index is 592. The molecule has 98 valence electrons. The first kappa shape index (κ1) is 12.1. The van der Waals surface area contributed by atoms with E-state index < -0.39 is 6.29 Å². The molecule has 1 aliphatic rings. The number of phenols is 1. The van der Waals surface area contributed by atoms with Gasteiger partial charge in [0, 0.05) is 5.56 Å². The molecule has 19 heavy (non-hydrogen) atoms. The lowest BCUT2D eigenvalue weighted by Crippen LogP contribution is -2.01. The number of nitrogens with zero attached hydrogens (tertiary/aromatic N) is 1. The Balaban J connectivity index is 2.00. The van der Waals surface area contributed by atoms with E-state index in [1.807, 2.05) is 37.3 Å². The van der Waals surface area contributed by atoms with Crippen LogP contribution in [0.1, 0.15) is 17.5 Å². The van der Waals surface area contributed by atoms with Gasteiger partial charge in [0.25, 0.3) is 0 Å². The van der Waals surface area contributed by atoms with Gasteiger partial charge in [0.1, 0.15) is 5.75 Å². The first-order valence-corrected chi connectivity index (χ1v) is 6.24. The Morgan fingerprint density at radius 1 is 1.16 bits per heavy atom. The predicted molar refractivity (Wildman–Crippen MR) is 70.7 cm³/mol. The van der Waals surface area contributed by atoms with E-state index >= 15 is 0 Å². The fraction of sp³-hybridized carbons (Fsp3) is 0.267. The minimum Gasteiger partial charge on any atom is -0.507 e. The Morgan fingerprint density at radius 3 is 2.74 bits per heavy atom. The number of ether oxygens (including phenoxy) is 2. The Kier molecular flexibility index (Phi) is 3.19. The quantitative estimate of drug-likeness (QED) is 0.898. The summed E-state index contributed by atoms with van der Waals surface area (Å²) >= 11 is 0. The van der Waals surface area contributed by atoms with Gasteiger partial charge < -0.3 is 14.6 Å². The molecule has 2 aromatic rings. The molecule has 4 heteroatoms. The molecule has 0 saturated carbocycles. The number of aromatic nitrogens is 1. The third-order valence-electron chi connectivity index (χ3n) is 3.06. The van der Waals surface area contributed by atoms with E-state index in [1.165, 1.54) is 0 Å². The third-order valence-corrected chi connectivity index (χ3v) is 3.06. The lowest BCUT2D eigenvalue weighted by molar-refractivity contribution is -0.0472. The van der Waals surface area contributed by atoms with Gasteiger partial charge in [-0.1, -0.05) is 17.7 Å². The van der Waals surface area contributed by atoms with Gasteiger partial charge in [-0.3, -0.25) is 0 Å². The zero-order valence-electron chi connectivity index (χ0n) is 10.7. The Morgan fingerprint density at radius 2 is 1.95 bits per heavy atom. The summed E-state index contributed by atoms with van der Waals surface area (Å²) in [6.07, 6.45) is -0.396. The van der Waals surface area contributed by atoms with Crippen molar-refractivity contribution in [1.82, 2.24) is 4.98 Å². The van der Waals surface area contributed by atoms with Crippen LogP contribution in [0.25, 0.3) is 11.3 Å². The summed E-state index contributed by atoms with van der Waals surface area (Å²) in [6, 6.07) is 11.1. The molecule has 1 fully saturated rings. The summed E-state index contributed by atoms with van der Waals surface area (Å²) in [5.41, 5.74) is 3.25. The lowest BCUT2D eigenvalue weighted by atomic mass is 10.1. The van der Waals surface area contributed by atoms with E-state index in [1.54, 1.807) is 6.07 Å². The average molecular weight is 257 g/mol. The molecule has 0 unspecified atom stereocenters. The fourth-order valence-electron chi connectivity index (χ4n) is 2.12. The average Bonchev–Trinajstić information content (AvgIpc) is 2.96. The molecule has 0 spiro atoms. The van der Waals surface area contributed by atoms with Gasteiger partial charge in [-0.05, 0) is 31.2 Å². The molecule has 2 heterocycles. The van der Waals surface area contributed by atoms with E-state index in [9.17, 15) is 5.11 Å². The molecule has 1 aromatic carbocycles. The number of phenolic OH excluding ortho intramolecular Hbond substituents is 1. The molecular formula is C15H15NO3. The standard InChI is InChI=1S/C15H15NO3/c1-10-5-6-14(17)11(9-10)12-3-2-4-13(16-12)15-18-7-8-19-15/h2-6,9,15,17H,7-8H2,1H3. The smallest absolute Gasteiger partial charge is 0.201 e. The molecular weight excluding hydrogens is 242 g/mol. The lowest BCUT2D eigenvalue weighted by Gasteiger charge is -2.11. The minimum atomic E-state index is -0.396. The summed E-state index contributed by atoms with van der Waals surface area (Å²) < 4.78 is 10.9. The van der Waals surface area contributed by atoms with Crippen molar-refractivity contribution in [3.8, 4) is 17.0 Å². The number of aromatic hydroxyl groups is 1. The predicted octanol–water partition coefficient (Wildman–Crippen LogP) is 2.81. The van der Waals surface area contributed by atoms with E-state index in [4.69, 9.17) is 9.47 Å². The van der Waals surface area contributed by atoms with Gasteiger partial charge in [-0.2, -0.15) is 0 Å². The summed E-state index contributed by atoms with van der Waals surface area (Å²) in [6.45, 7) is 3.16. The van der Waals surface area contributed by atoms with Crippen LogP contribution in [0.15, 0.2) is 36.4 Å². The van der Waals surface area contributed by atoms with Crippen LogP contribution in [0.2, 0.25) is 0 Å². The zero-order valence-corrected chi connectivity index (χ0v) is 10.7. The van der Waals surface area contributed by atoms with Crippen molar-refractivity contribution in [3.63, 3.8) is 0 Å². The highest BCUT2D eigenvalue weighted by Crippen LogP contribution is 2.30. The fourth-order valence-corrected chi connectivity index (χ4v) is 2.12. The van der Waals surface area contributed by atoms with Crippen molar-refractivity contribution in [3.05, 3.63) is 47.7 Å². The second-order valence-electron chi connectivity index (χ2n) is 4.54. The van der Waals surface area contributed by atoms with Crippen molar-refractivity contribution >= 4 is 0 Å². The molecule has 0 bridgehead atoms. The number of hydrogen-bond acceptors (Lipinski definition) is 4. The van der Waals surface area contributed by atoms with Gasteiger partial charge in [-0.15, -0.1) is 0 Å². The Labute approximate surface area is 111 Å². The molecule has 1 N–H and O–H groups in total. The van der Waals surface area contributed by atoms with Gasteiger partial charge in [0.2, 0.25) is 6.29 Å². The summed E-state index contributed by atoms with van der Waals surface area (Å²) in [5.74, 6) is 0.225. The van der Waals surface area contributed by atoms with Gasteiger partial charge in [-0.25, -0.2) is 4.98 Å². The van der Waals surface area contributed by atoms with Crippen molar-refractivity contribution in [2.24, 2.45) is 0 Å². The van der Waals surface area contributed by atoms with Crippen LogP contribution >= 0.6 is 0 Å². The van der Waals surface area contributed by atoms with Crippen LogP contribution < -0.4 is 0 Å². The summed E-state index contributed by atoms with van der Waals surface area (Å²) in [7, 11) is 0. The molecule has 4 nitrogen and oxygen atoms in total. The molecule has 3 rings (SSSR count). The molecule has 0 amide bonds. The maximum absolute atomic E-state index is 9.94. The highest BCUT2D eigenvalue weighted by Gasteiger charge is 2.20. The Hall–Kier alpha value is -1.91. The van der Waals surface area contributed by atoms with Gasteiger partial charge in [0.05, 0.1) is 24.6 Å². The molecule has 1 saturated heterocycles. The van der Waals surface area contributed by atoms with Crippen LogP contribution in [-0.2, 0) is 9.47 Å². The van der Waals surface area contributed by atoms with Crippen LogP contribution in [0.3, 0.4) is 0 Å². The highest BCUT2D eigenvalue weighted by molar-refractivity contribution is 5.67. The van der Waals surface area contributed by atoms with Crippen LogP contribution in [0.5, 0.6) is 5.75 Å². The number of aryl methyl sites for hydroxylation is 1. The summed E-state index contributed by atoms with van der Waals surface area (Å²) in [5, 5.41) is 9.94. The SMILES string of the molecule is Cc1ccc(O)c(-c2cccc(C3OCCO3)n2)c1. The van der Waals surface area contributed by atoms with Crippen LogP contribution in [-0.4, -0.2) is 23.3 Å². The van der Waals surface area contributed by atoms with Crippen molar-refractivity contribution in [1.29, 1.82) is 0 Å². The second-order valence-corrected chi connectivity index (χ2v) is 4.54. The van der Waals surface area contributed by atoms with Crippen molar-refractivity contribution in [2.75, 3.05) is 13.2 Å². The van der Waals surface area contributed by atoms with Crippen LogP contribution in [0, 0.1) is 6.92 Å². The number of benzene rings is 1. The maximum Gasteiger partial charge on any atom is 0.201 e. The number of hydrogen-bond donors (Lipinski definition) is 1. The third kappa shape index (κ3) is 2.45. The van der Waals surface area contributed by atoms with E-state index in [0.29, 0.717) is 13.2 Å². The zero-order chi connectivity index (χ0) is 13.2. The van der Waals surface area contributed by atoms with Gasteiger partial charge in [0.15, 0.2) is 0 Å². The van der Waals surface area contributed by atoms with Crippen molar-refractivity contribution in [2.45, 2.75) is 13.2 Å². The molecule has 0 aliphatic carbocycles. The monoisotopic (exact) mass is 257 g/mol. The first-order chi connectivity index (χ1) is 9.24. The van der Waals surface area contributed by atoms with E-state index in [-0.39, 0.29) is 5.75 Å². The van der Waals surface area contributed by atoms with E-state index in [2.05, 4.69) is 4.98 Å². The minimum absolute atomic E-state index is 0.225. The largest absolute Gasteiger partial charge is 0.507 e. The maximum atomic E-state index is 9.94. The molecule has 1 aromatic heterocycles. The number of pyridine rings is 1. The molecule has 0 atom stereocenters. The van der Waals surface area contributed by atoms with E-state index in [0.717, 1.165) is 22.5 Å². The molecule has 1 aliphatic heterocycles. The highest BCUT2D eigenvalue weighted by atomic mass is 16.7. The van der Waals surface area contributed by atoms with Crippen LogP contribution in [0.4, 0.5) is 0 Å². The first-order valence-electron chi connectivity index (χ1n) is 6.24. The number of rotatable bonds is 2. The topological polar surface area (TPSA) is 51.6 Å². The van der Waals surface area contributed by atoms with Crippen molar-refractivity contribution < 1.29 is 14.6 Å². The normalized spacial score (nSPS) is 15.8.